The quantitative estimate of drug-likeness (QED) is 0.528. The highest BCUT2D eigenvalue weighted by molar-refractivity contribution is 7.16. The van der Waals surface area contributed by atoms with Crippen molar-refractivity contribution >= 4 is 68.5 Å². The van der Waals surface area contributed by atoms with Gasteiger partial charge in [-0.1, -0.05) is 40.9 Å². The van der Waals surface area contributed by atoms with Crippen molar-refractivity contribution in [2.45, 2.75) is 0 Å². The van der Waals surface area contributed by atoms with Gasteiger partial charge in [-0.3, -0.25) is 10.1 Å². The van der Waals surface area contributed by atoms with Crippen molar-refractivity contribution in [3.8, 4) is 16.3 Å². The maximum Gasteiger partial charge on any atom is 0.264 e. The molecule has 0 bridgehead atoms. The van der Waals surface area contributed by atoms with Gasteiger partial charge in [0.2, 0.25) is 0 Å². The first-order chi connectivity index (χ1) is 11.5. The van der Waals surface area contributed by atoms with Gasteiger partial charge in [0, 0.05) is 11.4 Å². The molecule has 0 saturated heterocycles. The first kappa shape index (κ1) is 17.5. The summed E-state index contributed by atoms with van der Waals surface area (Å²) in [6.45, 7) is -0.217. The number of nitrogens with one attached hydrogen (secondary N) is 1. The SMILES string of the molecule is O=C(COc1cc(Cl)c(Cl)cc1Cl)Nc1nc(-c2cccs2)cs1. The number of nitrogens with zero attached hydrogens (tertiary/aromatic N) is 1. The summed E-state index contributed by atoms with van der Waals surface area (Å²) in [6.07, 6.45) is 0. The van der Waals surface area contributed by atoms with Crippen LogP contribution in [-0.4, -0.2) is 17.5 Å². The molecule has 0 fully saturated rings. The van der Waals surface area contributed by atoms with Crippen LogP contribution in [0.3, 0.4) is 0 Å². The van der Waals surface area contributed by atoms with Crippen LogP contribution in [0.5, 0.6) is 5.75 Å². The second-order valence-corrected chi connectivity index (χ2v) is 7.58. The predicted octanol–water partition coefficient (Wildman–Crippen LogP) is 5.85. The van der Waals surface area contributed by atoms with Crippen molar-refractivity contribution in [1.29, 1.82) is 0 Å². The second kappa shape index (κ2) is 7.72. The van der Waals surface area contributed by atoms with Crippen LogP contribution in [0, 0.1) is 0 Å². The molecule has 0 aliphatic rings. The molecule has 0 radical (unpaired) electrons. The zero-order valence-corrected chi connectivity index (χ0v) is 15.8. The van der Waals surface area contributed by atoms with Gasteiger partial charge in [-0.05, 0) is 17.5 Å². The highest BCUT2D eigenvalue weighted by Gasteiger charge is 2.12. The molecule has 0 saturated carbocycles. The molecule has 1 aromatic carbocycles. The molecule has 0 spiro atoms. The summed E-state index contributed by atoms with van der Waals surface area (Å²) in [7, 11) is 0. The molecule has 1 N–H and O–H groups in total. The number of thiophene rings is 1. The van der Waals surface area contributed by atoms with Crippen LogP contribution in [0.1, 0.15) is 0 Å². The lowest BCUT2D eigenvalue weighted by molar-refractivity contribution is -0.118. The summed E-state index contributed by atoms with van der Waals surface area (Å²) < 4.78 is 5.38. The zero-order chi connectivity index (χ0) is 17.1. The van der Waals surface area contributed by atoms with Crippen molar-refractivity contribution in [2.24, 2.45) is 0 Å². The van der Waals surface area contributed by atoms with Crippen LogP contribution in [-0.2, 0) is 4.79 Å². The summed E-state index contributed by atoms with van der Waals surface area (Å²) >= 11 is 20.7. The lowest BCUT2D eigenvalue weighted by atomic mass is 10.3. The molecule has 124 valence electrons. The van der Waals surface area contributed by atoms with Crippen LogP contribution in [0.2, 0.25) is 15.1 Å². The van der Waals surface area contributed by atoms with Crippen LogP contribution in [0.25, 0.3) is 10.6 Å². The molecule has 24 heavy (non-hydrogen) atoms. The lowest BCUT2D eigenvalue weighted by Crippen LogP contribution is -2.20. The Morgan fingerprint density at radius 3 is 2.71 bits per heavy atom. The van der Waals surface area contributed by atoms with E-state index in [0.29, 0.717) is 20.9 Å². The van der Waals surface area contributed by atoms with Gasteiger partial charge in [0.25, 0.3) is 5.91 Å². The number of amides is 1. The molecule has 0 aliphatic carbocycles. The third kappa shape index (κ3) is 4.20. The summed E-state index contributed by atoms with van der Waals surface area (Å²) in [5.74, 6) is -0.0520. The molecule has 9 heteroatoms. The fourth-order valence-electron chi connectivity index (χ4n) is 1.78. The molecule has 2 aromatic heterocycles. The maximum absolute atomic E-state index is 12.0. The second-order valence-electron chi connectivity index (χ2n) is 4.55. The molecule has 4 nitrogen and oxygen atoms in total. The Labute approximate surface area is 161 Å². The molecular weight excluding hydrogens is 411 g/mol. The minimum Gasteiger partial charge on any atom is -0.482 e. The van der Waals surface area contributed by atoms with Gasteiger partial charge in [-0.25, -0.2) is 4.98 Å². The van der Waals surface area contributed by atoms with E-state index in [2.05, 4.69) is 10.3 Å². The van der Waals surface area contributed by atoms with Gasteiger partial charge >= 0.3 is 0 Å². The van der Waals surface area contributed by atoms with E-state index < -0.39 is 0 Å². The number of rotatable bonds is 5. The third-order valence-electron chi connectivity index (χ3n) is 2.86. The number of halogens is 3. The summed E-state index contributed by atoms with van der Waals surface area (Å²) in [5, 5.41) is 7.96. The van der Waals surface area contributed by atoms with Gasteiger partial charge in [0.05, 0.1) is 25.6 Å². The van der Waals surface area contributed by atoms with E-state index in [9.17, 15) is 4.79 Å². The highest BCUT2D eigenvalue weighted by atomic mass is 35.5. The molecular formula is C15H9Cl3N2O2S2. The fraction of sp³-hybridized carbons (Fsp3) is 0.0667. The number of benzene rings is 1. The fourth-order valence-corrected chi connectivity index (χ4v) is 3.86. The van der Waals surface area contributed by atoms with Crippen LogP contribution >= 0.6 is 57.5 Å². The average molecular weight is 420 g/mol. The number of aromatic nitrogens is 1. The molecule has 1 amide bonds. The van der Waals surface area contributed by atoms with Gasteiger partial charge in [-0.15, -0.1) is 22.7 Å². The Morgan fingerprint density at radius 2 is 1.96 bits per heavy atom. The summed E-state index contributed by atoms with van der Waals surface area (Å²) in [6, 6.07) is 6.86. The number of thiazole rings is 1. The standard InChI is InChI=1S/C15H9Cl3N2O2S2/c16-8-4-10(18)12(5-9(8)17)22-6-14(21)20-15-19-11(7-24-15)13-2-1-3-23-13/h1-5,7H,6H2,(H,19,20,21). The van der Waals surface area contributed by atoms with Crippen molar-refractivity contribution in [1.82, 2.24) is 4.98 Å². The van der Waals surface area contributed by atoms with E-state index in [4.69, 9.17) is 39.5 Å². The van der Waals surface area contributed by atoms with E-state index in [-0.39, 0.29) is 17.5 Å². The molecule has 3 aromatic rings. The van der Waals surface area contributed by atoms with Crippen LogP contribution in [0.15, 0.2) is 35.0 Å². The Morgan fingerprint density at radius 1 is 1.17 bits per heavy atom. The van der Waals surface area contributed by atoms with Crippen LogP contribution < -0.4 is 10.1 Å². The molecule has 0 aliphatic heterocycles. The lowest BCUT2D eigenvalue weighted by Gasteiger charge is -2.08. The Bertz CT molecular complexity index is 866. The first-order valence-electron chi connectivity index (χ1n) is 6.59. The summed E-state index contributed by atoms with van der Waals surface area (Å²) in [5.41, 5.74) is 0.832. The van der Waals surface area contributed by atoms with Gasteiger partial charge < -0.3 is 4.74 Å². The topological polar surface area (TPSA) is 51.2 Å². The Hall–Kier alpha value is -1.31. The minimum atomic E-state index is -0.343. The van der Waals surface area contributed by atoms with Gasteiger partial charge in [0.1, 0.15) is 5.75 Å². The zero-order valence-electron chi connectivity index (χ0n) is 11.9. The van der Waals surface area contributed by atoms with E-state index in [1.807, 2.05) is 22.9 Å². The molecule has 0 atom stereocenters. The molecule has 3 rings (SSSR count). The van der Waals surface area contributed by atoms with Crippen LogP contribution in [0.4, 0.5) is 5.13 Å². The van der Waals surface area contributed by atoms with E-state index in [0.717, 1.165) is 10.6 Å². The number of anilines is 1. The number of ether oxygens (including phenoxy) is 1. The van der Waals surface area contributed by atoms with Crippen molar-refractivity contribution in [3.63, 3.8) is 0 Å². The van der Waals surface area contributed by atoms with Crippen molar-refractivity contribution < 1.29 is 9.53 Å². The van der Waals surface area contributed by atoms with Crippen molar-refractivity contribution in [3.05, 3.63) is 50.1 Å². The van der Waals surface area contributed by atoms with E-state index in [1.165, 1.54) is 23.5 Å². The first-order valence-corrected chi connectivity index (χ1v) is 9.49. The van der Waals surface area contributed by atoms with E-state index >= 15 is 0 Å². The minimum absolute atomic E-state index is 0.217. The highest BCUT2D eigenvalue weighted by Crippen LogP contribution is 2.34. The maximum atomic E-state index is 12.0. The summed E-state index contributed by atoms with van der Waals surface area (Å²) in [4.78, 5) is 17.4. The predicted molar refractivity (Wildman–Crippen MR) is 101 cm³/mol. The third-order valence-corrected chi connectivity index (χ3v) is 5.53. The van der Waals surface area contributed by atoms with Crippen molar-refractivity contribution in [2.75, 3.05) is 11.9 Å². The van der Waals surface area contributed by atoms with E-state index in [1.54, 1.807) is 11.3 Å². The Balaban J connectivity index is 1.59. The van der Waals surface area contributed by atoms with Gasteiger partial charge in [0.15, 0.2) is 11.7 Å². The number of carbonyl (C=O) groups excluding carboxylic acids is 1. The number of hydrogen-bond donors (Lipinski definition) is 1. The van der Waals surface area contributed by atoms with Gasteiger partial charge in [-0.2, -0.15) is 0 Å². The smallest absolute Gasteiger partial charge is 0.264 e. The number of hydrogen-bond acceptors (Lipinski definition) is 5. The molecule has 0 unspecified atom stereocenters. The normalized spacial score (nSPS) is 10.6. The monoisotopic (exact) mass is 418 g/mol. The largest absolute Gasteiger partial charge is 0.482 e. The molecule has 2 heterocycles. The number of carbonyl (C=O) groups is 1. The average Bonchev–Trinajstić information content (AvgIpc) is 3.20. The Kier molecular flexibility index (Phi) is 5.63.